The Morgan fingerprint density at radius 2 is 2.00 bits per heavy atom. The van der Waals surface area contributed by atoms with E-state index in [1.807, 2.05) is 0 Å². The van der Waals surface area contributed by atoms with Crippen LogP contribution in [-0.4, -0.2) is 24.5 Å². The van der Waals surface area contributed by atoms with Crippen molar-refractivity contribution in [2.24, 2.45) is 5.92 Å². The van der Waals surface area contributed by atoms with Gasteiger partial charge >= 0.3 is 0 Å². The van der Waals surface area contributed by atoms with Gasteiger partial charge in [0.1, 0.15) is 0 Å². The Labute approximate surface area is 64.4 Å². The molecule has 1 aliphatic heterocycles. The highest BCUT2D eigenvalue weighted by Gasteiger charge is 2.15. The molecule has 0 aromatic carbocycles. The van der Waals surface area contributed by atoms with Gasteiger partial charge in [0, 0.05) is 0 Å². The number of hydrogen-bond donors (Lipinski definition) is 0. The molecular formula is C9H18N. The molecular weight excluding hydrogens is 122 g/mol. The third-order valence-electron chi connectivity index (χ3n) is 2.60. The quantitative estimate of drug-likeness (QED) is 0.566. The standard InChI is InChI=1S/C9H18N/c1-3-9-5-7-10(4-2)8-6-9/h9H,2-8H2,1H3. The molecule has 1 fully saturated rings. The molecule has 0 aliphatic carbocycles. The SMILES string of the molecule is [CH2]CN1CCC(CC)CC1. The zero-order valence-corrected chi connectivity index (χ0v) is 6.97. The van der Waals surface area contributed by atoms with Gasteiger partial charge in [0.25, 0.3) is 0 Å². The minimum absolute atomic E-state index is 0.996. The lowest BCUT2D eigenvalue weighted by atomic mass is 9.95. The van der Waals surface area contributed by atoms with Gasteiger partial charge in [-0.25, -0.2) is 0 Å². The van der Waals surface area contributed by atoms with E-state index < -0.39 is 0 Å². The van der Waals surface area contributed by atoms with Crippen LogP contribution in [0.15, 0.2) is 0 Å². The molecule has 0 saturated carbocycles. The minimum atomic E-state index is 0.996. The van der Waals surface area contributed by atoms with Gasteiger partial charge in [-0.1, -0.05) is 13.3 Å². The van der Waals surface area contributed by atoms with Crippen molar-refractivity contribution in [2.45, 2.75) is 26.2 Å². The van der Waals surface area contributed by atoms with Crippen molar-refractivity contribution >= 4 is 0 Å². The molecule has 1 rings (SSSR count). The molecule has 0 N–H and O–H groups in total. The fourth-order valence-electron chi connectivity index (χ4n) is 1.62. The summed E-state index contributed by atoms with van der Waals surface area (Å²) in [6.45, 7) is 9.74. The van der Waals surface area contributed by atoms with Crippen molar-refractivity contribution in [1.29, 1.82) is 0 Å². The molecule has 0 unspecified atom stereocenters. The van der Waals surface area contributed by atoms with Gasteiger partial charge in [-0.05, 0) is 45.3 Å². The molecule has 0 atom stereocenters. The molecule has 1 nitrogen and oxygen atoms in total. The molecule has 1 radical (unpaired) electrons. The van der Waals surface area contributed by atoms with Crippen LogP contribution in [0, 0.1) is 12.8 Å². The zero-order chi connectivity index (χ0) is 7.40. The van der Waals surface area contributed by atoms with E-state index in [-0.39, 0.29) is 0 Å². The predicted octanol–water partition coefficient (Wildman–Crippen LogP) is 1.94. The molecule has 0 amide bonds. The molecule has 1 saturated heterocycles. The van der Waals surface area contributed by atoms with Crippen molar-refractivity contribution in [2.75, 3.05) is 19.6 Å². The van der Waals surface area contributed by atoms with Crippen LogP contribution in [0.5, 0.6) is 0 Å². The number of rotatable bonds is 2. The van der Waals surface area contributed by atoms with Crippen molar-refractivity contribution in [3.8, 4) is 0 Å². The highest BCUT2D eigenvalue weighted by Crippen LogP contribution is 2.18. The summed E-state index contributed by atoms with van der Waals surface area (Å²) in [6.07, 6.45) is 4.16. The Kier molecular flexibility index (Phi) is 3.20. The fourth-order valence-corrected chi connectivity index (χ4v) is 1.62. The second-order valence-corrected chi connectivity index (χ2v) is 3.19. The largest absolute Gasteiger partial charge is 0.303 e. The molecule has 1 aliphatic rings. The van der Waals surface area contributed by atoms with Crippen molar-refractivity contribution < 1.29 is 0 Å². The first kappa shape index (κ1) is 8.06. The Hall–Kier alpha value is -0.0400. The first-order valence-electron chi connectivity index (χ1n) is 4.38. The van der Waals surface area contributed by atoms with Crippen LogP contribution >= 0.6 is 0 Å². The lowest BCUT2D eigenvalue weighted by Gasteiger charge is -2.30. The third-order valence-corrected chi connectivity index (χ3v) is 2.60. The van der Waals surface area contributed by atoms with Gasteiger partial charge in [0.05, 0.1) is 0 Å². The fraction of sp³-hybridized carbons (Fsp3) is 0.889. The number of likely N-dealkylation sites (tertiary alicyclic amines) is 1. The summed E-state index contributed by atoms with van der Waals surface area (Å²) in [5.74, 6) is 1.00. The molecule has 10 heavy (non-hydrogen) atoms. The predicted molar refractivity (Wildman–Crippen MR) is 44.8 cm³/mol. The minimum Gasteiger partial charge on any atom is -0.303 e. The Morgan fingerprint density at radius 3 is 2.40 bits per heavy atom. The van der Waals surface area contributed by atoms with Crippen LogP contribution in [0.3, 0.4) is 0 Å². The highest BCUT2D eigenvalue weighted by atomic mass is 15.1. The lowest BCUT2D eigenvalue weighted by molar-refractivity contribution is 0.197. The van der Waals surface area contributed by atoms with Gasteiger partial charge < -0.3 is 4.90 Å². The summed E-state index contributed by atoms with van der Waals surface area (Å²) >= 11 is 0. The van der Waals surface area contributed by atoms with E-state index in [1.165, 1.54) is 32.4 Å². The molecule has 0 aromatic rings. The van der Waals surface area contributed by atoms with Gasteiger partial charge in [-0.3, -0.25) is 0 Å². The van der Waals surface area contributed by atoms with Crippen LogP contribution in [0.1, 0.15) is 26.2 Å². The molecule has 1 heteroatoms. The maximum Gasteiger partial charge on any atom is -0.00161 e. The van der Waals surface area contributed by atoms with Gasteiger partial charge in [-0.2, -0.15) is 0 Å². The van der Waals surface area contributed by atoms with Gasteiger partial charge in [-0.15, -0.1) is 0 Å². The molecule has 0 aromatic heterocycles. The van der Waals surface area contributed by atoms with Crippen LogP contribution in [0.25, 0.3) is 0 Å². The smallest absolute Gasteiger partial charge is 0.00161 e. The van der Waals surface area contributed by atoms with E-state index in [9.17, 15) is 0 Å². The molecule has 0 spiro atoms. The Morgan fingerprint density at radius 1 is 1.40 bits per heavy atom. The number of hydrogen-bond acceptors (Lipinski definition) is 1. The number of nitrogens with zero attached hydrogens (tertiary/aromatic N) is 1. The van der Waals surface area contributed by atoms with Crippen molar-refractivity contribution in [1.82, 2.24) is 4.90 Å². The maximum absolute atomic E-state index is 3.89. The van der Waals surface area contributed by atoms with E-state index in [2.05, 4.69) is 18.7 Å². The molecule has 1 heterocycles. The van der Waals surface area contributed by atoms with Crippen LogP contribution in [0.2, 0.25) is 0 Å². The highest BCUT2D eigenvalue weighted by molar-refractivity contribution is 4.71. The van der Waals surface area contributed by atoms with E-state index in [0.717, 1.165) is 12.5 Å². The average Bonchev–Trinajstić information content (AvgIpc) is 2.05. The summed E-state index contributed by atoms with van der Waals surface area (Å²) in [5.41, 5.74) is 0. The zero-order valence-electron chi connectivity index (χ0n) is 6.97. The van der Waals surface area contributed by atoms with E-state index in [4.69, 9.17) is 0 Å². The summed E-state index contributed by atoms with van der Waals surface area (Å²) in [7, 11) is 0. The van der Waals surface area contributed by atoms with Crippen LogP contribution < -0.4 is 0 Å². The summed E-state index contributed by atoms with van der Waals surface area (Å²) in [6, 6.07) is 0. The first-order valence-corrected chi connectivity index (χ1v) is 4.38. The van der Waals surface area contributed by atoms with Crippen molar-refractivity contribution in [3.63, 3.8) is 0 Å². The normalized spacial score (nSPS) is 23.4. The van der Waals surface area contributed by atoms with Crippen molar-refractivity contribution in [3.05, 3.63) is 6.92 Å². The Bertz CT molecular complexity index is 70.7. The lowest BCUT2D eigenvalue weighted by Crippen LogP contribution is -2.33. The monoisotopic (exact) mass is 140 g/mol. The Balaban J connectivity index is 2.17. The second kappa shape index (κ2) is 3.97. The van der Waals surface area contributed by atoms with Crippen LogP contribution in [0.4, 0.5) is 0 Å². The van der Waals surface area contributed by atoms with Crippen LogP contribution in [-0.2, 0) is 0 Å². The summed E-state index contributed by atoms with van der Waals surface area (Å²) < 4.78 is 0. The van der Waals surface area contributed by atoms with E-state index in [0.29, 0.717) is 0 Å². The topological polar surface area (TPSA) is 3.24 Å². The van der Waals surface area contributed by atoms with Gasteiger partial charge in [0.2, 0.25) is 0 Å². The second-order valence-electron chi connectivity index (χ2n) is 3.19. The number of piperidine rings is 1. The van der Waals surface area contributed by atoms with E-state index >= 15 is 0 Å². The molecule has 59 valence electrons. The third kappa shape index (κ3) is 1.98. The molecule has 0 bridgehead atoms. The average molecular weight is 140 g/mol. The van der Waals surface area contributed by atoms with E-state index in [1.54, 1.807) is 0 Å². The van der Waals surface area contributed by atoms with Gasteiger partial charge in [0.15, 0.2) is 0 Å². The maximum atomic E-state index is 3.89. The summed E-state index contributed by atoms with van der Waals surface area (Å²) in [4.78, 5) is 2.44. The summed E-state index contributed by atoms with van der Waals surface area (Å²) in [5, 5.41) is 0. The first-order chi connectivity index (χ1) is 4.86.